The zero-order valence-electron chi connectivity index (χ0n) is 9.90. The smallest absolute Gasteiger partial charge is 0.307 e. The fraction of sp³-hybridized carbons (Fsp3) is 0.333. The van der Waals surface area contributed by atoms with E-state index in [4.69, 9.17) is 0 Å². The maximum atomic E-state index is 11.8. The molecule has 5 nitrogen and oxygen atoms in total. The molecular formula is C12H13BrN2O3. The summed E-state index contributed by atoms with van der Waals surface area (Å²) >= 11 is 3.38. The Morgan fingerprint density at radius 3 is 3.06 bits per heavy atom. The maximum absolute atomic E-state index is 11.8. The highest BCUT2D eigenvalue weighted by atomic mass is 79.9. The Morgan fingerprint density at radius 1 is 1.56 bits per heavy atom. The van der Waals surface area contributed by atoms with Crippen LogP contribution in [0.3, 0.4) is 0 Å². The number of hydrogen-bond acceptors (Lipinski definition) is 4. The second-order valence-electron chi connectivity index (χ2n) is 3.89. The van der Waals surface area contributed by atoms with Gasteiger partial charge < -0.3 is 15.0 Å². The minimum absolute atomic E-state index is 0.0475. The molecule has 1 N–H and O–H groups in total. The van der Waals surface area contributed by atoms with Crippen LogP contribution in [0.4, 0.5) is 11.4 Å². The third-order valence-corrected chi connectivity index (χ3v) is 3.24. The van der Waals surface area contributed by atoms with Crippen LogP contribution >= 0.6 is 15.9 Å². The van der Waals surface area contributed by atoms with Crippen LogP contribution in [0, 0.1) is 0 Å². The lowest BCUT2D eigenvalue weighted by atomic mass is 10.2. The molecule has 1 aliphatic heterocycles. The molecule has 0 saturated heterocycles. The Hall–Kier alpha value is -1.56. The van der Waals surface area contributed by atoms with Gasteiger partial charge in [0.15, 0.2) is 0 Å². The number of amides is 1. The molecule has 0 spiro atoms. The summed E-state index contributed by atoms with van der Waals surface area (Å²) in [6.45, 7) is 0.576. The van der Waals surface area contributed by atoms with Crippen LogP contribution < -0.4 is 10.2 Å². The van der Waals surface area contributed by atoms with E-state index in [2.05, 4.69) is 26.0 Å². The minimum Gasteiger partial charge on any atom is -0.469 e. The molecule has 0 atom stereocenters. The van der Waals surface area contributed by atoms with E-state index in [-0.39, 0.29) is 24.8 Å². The molecule has 18 heavy (non-hydrogen) atoms. The molecule has 6 heteroatoms. The van der Waals surface area contributed by atoms with E-state index in [0.717, 1.165) is 15.8 Å². The summed E-state index contributed by atoms with van der Waals surface area (Å²) in [7, 11) is 1.34. The SMILES string of the molecule is COC(=O)CCN1C(=O)CNc2cc(Br)ccc21. The molecule has 0 unspecified atom stereocenters. The second-order valence-corrected chi connectivity index (χ2v) is 4.80. The minimum atomic E-state index is -0.319. The van der Waals surface area contributed by atoms with E-state index >= 15 is 0 Å². The quantitative estimate of drug-likeness (QED) is 0.864. The molecule has 0 bridgehead atoms. The van der Waals surface area contributed by atoms with E-state index in [1.165, 1.54) is 7.11 Å². The number of carbonyl (C=O) groups excluding carboxylic acids is 2. The zero-order chi connectivity index (χ0) is 13.1. The van der Waals surface area contributed by atoms with Crippen molar-refractivity contribution in [2.45, 2.75) is 6.42 Å². The molecule has 0 saturated carbocycles. The number of fused-ring (bicyclic) bond motifs is 1. The highest BCUT2D eigenvalue weighted by Crippen LogP contribution is 2.32. The third-order valence-electron chi connectivity index (χ3n) is 2.75. The van der Waals surface area contributed by atoms with Gasteiger partial charge in [0.25, 0.3) is 0 Å². The summed E-state index contributed by atoms with van der Waals surface area (Å²) in [6, 6.07) is 5.62. The van der Waals surface area contributed by atoms with Crippen molar-refractivity contribution in [2.75, 3.05) is 30.4 Å². The first-order valence-corrected chi connectivity index (χ1v) is 6.31. The molecular weight excluding hydrogens is 300 g/mol. The van der Waals surface area contributed by atoms with Crippen LogP contribution in [0.5, 0.6) is 0 Å². The van der Waals surface area contributed by atoms with Crippen molar-refractivity contribution in [1.29, 1.82) is 0 Å². The first-order chi connectivity index (χ1) is 8.61. The van der Waals surface area contributed by atoms with Crippen molar-refractivity contribution < 1.29 is 14.3 Å². The fourth-order valence-electron chi connectivity index (χ4n) is 1.84. The van der Waals surface area contributed by atoms with Crippen LogP contribution in [0.25, 0.3) is 0 Å². The van der Waals surface area contributed by atoms with Gasteiger partial charge in [0.05, 0.1) is 31.5 Å². The Balaban J connectivity index is 2.20. The van der Waals surface area contributed by atoms with Gasteiger partial charge in [-0.1, -0.05) is 15.9 Å². The predicted molar refractivity (Wildman–Crippen MR) is 71.6 cm³/mol. The lowest BCUT2D eigenvalue weighted by molar-refractivity contribution is -0.140. The van der Waals surface area contributed by atoms with E-state index in [1.54, 1.807) is 4.90 Å². The summed E-state index contributed by atoms with van der Waals surface area (Å²) in [5.74, 6) is -0.367. The average molecular weight is 313 g/mol. The molecule has 0 aliphatic carbocycles. The number of nitrogens with one attached hydrogen (secondary N) is 1. The number of nitrogens with zero attached hydrogens (tertiary/aromatic N) is 1. The van der Waals surface area contributed by atoms with Gasteiger partial charge in [-0.3, -0.25) is 9.59 Å². The molecule has 1 aromatic rings. The molecule has 1 aliphatic rings. The maximum Gasteiger partial charge on any atom is 0.307 e. The number of hydrogen-bond donors (Lipinski definition) is 1. The number of benzene rings is 1. The Bertz CT molecular complexity index is 490. The average Bonchev–Trinajstić information content (AvgIpc) is 2.37. The summed E-state index contributed by atoms with van der Waals surface area (Å²) < 4.78 is 5.52. The van der Waals surface area contributed by atoms with E-state index in [1.807, 2.05) is 18.2 Å². The number of carbonyl (C=O) groups is 2. The number of esters is 1. The molecule has 96 valence electrons. The van der Waals surface area contributed by atoms with Crippen molar-refractivity contribution in [3.05, 3.63) is 22.7 Å². The molecule has 0 aromatic heterocycles. The van der Waals surface area contributed by atoms with Crippen molar-refractivity contribution in [2.24, 2.45) is 0 Å². The van der Waals surface area contributed by atoms with Gasteiger partial charge in [-0.05, 0) is 18.2 Å². The monoisotopic (exact) mass is 312 g/mol. The summed E-state index contributed by atoms with van der Waals surface area (Å²) in [4.78, 5) is 24.6. The van der Waals surface area contributed by atoms with Crippen LogP contribution in [0.2, 0.25) is 0 Å². The lowest BCUT2D eigenvalue weighted by Crippen LogP contribution is -2.41. The Kier molecular flexibility index (Phi) is 3.86. The van der Waals surface area contributed by atoms with Crippen LogP contribution in [-0.2, 0) is 14.3 Å². The number of halogens is 1. The number of methoxy groups -OCH3 is 1. The van der Waals surface area contributed by atoms with E-state index < -0.39 is 0 Å². The molecule has 1 amide bonds. The first-order valence-electron chi connectivity index (χ1n) is 5.52. The van der Waals surface area contributed by atoms with Crippen LogP contribution in [0.1, 0.15) is 6.42 Å². The van der Waals surface area contributed by atoms with Gasteiger partial charge in [-0.25, -0.2) is 0 Å². The number of rotatable bonds is 3. The van der Waals surface area contributed by atoms with Gasteiger partial charge in [0, 0.05) is 11.0 Å². The van der Waals surface area contributed by atoms with Gasteiger partial charge in [-0.15, -0.1) is 0 Å². The normalized spacial score (nSPS) is 13.9. The zero-order valence-corrected chi connectivity index (χ0v) is 11.5. The Labute approximate surface area is 113 Å². The third kappa shape index (κ3) is 2.64. The van der Waals surface area contributed by atoms with Gasteiger partial charge >= 0.3 is 5.97 Å². The highest BCUT2D eigenvalue weighted by molar-refractivity contribution is 9.10. The standard InChI is InChI=1S/C12H13BrN2O3/c1-18-12(17)4-5-15-10-3-2-8(13)6-9(10)14-7-11(15)16/h2-3,6,14H,4-5,7H2,1H3. The number of anilines is 2. The van der Waals surface area contributed by atoms with E-state index in [9.17, 15) is 9.59 Å². The van der Waals surface area contributed by atoms with Gasteiger partial charge in [-0.2, -0.15) is 0 Å². The van der Waals surface area contributed by atoms with Crippen LogP contribution in [0.15, 0.2) is 22.7 Å². The molecule has 1 heterocycles. The second kappa shape index (κ2) is 5.39. The summed E-state index contributed by atoms with van der Waals surface area (Å²) in [5.41, 5.74) is 1.67. The number of ether oxygens (including phenoxy) is 1. The predicted octanol–water partition coefficient (Wildman–Crippen LogP) is 1.77. The summed E-state index contributed by atoms with van der Waals surface area (Å²) in [6.07, 6.45) is 0.192. The van der Waals surface area contributed by atoms with Crippen molar-refractivity contribution in [3.8, 4) is 0 Å². The van der Waals surface area contributed by atoms with Crippen LogP contribution in [-0.4, -0.2) is 32.1 Å². The summed E-state index contributed by atoms with van der Waals surface area (Å²) in [5, 5.41) is 3.05. The van der Waals surface area contributed by atoms with Crippen molar-refractivity contribution in [1.82, 2.24) is 0 Å². The lowest BCUT2D eigenvalue weighted by Gasteiger charge is -2.30. The fourth-order valence-corrected chi connectivity index (χ4v) is 2.20. The molecule has 1 aromatic carbocycles. The topological polar surface area (TPSA) is 58.6 Å². The first kappa shape index (κ1) is 12.9. The highest BCUT2D eigenvalue weighted by Gasteiger charge is 2.24. The van der Waals surface area contributed by atoms with Gasteiger partial charge in [0.2, 0.25) is 5.91 Å². The molecule has 2 rings (SSSR count). The van der Waals surface area contributed by atoms with E-state index in [0.29, 0.717) is 6.54 Å². The van der Waals surface area contributed by atoms with Crippen molar-refractivity contribution >= 4 is 39.2 Å². The Morgan fingerprint density at radius 2 is 2.33 bits per heavy atom. The molecule has 0 radical (unpaired) electrons. The van der Waals surface area contributed by atoms with Gasteiger partial charge in [0.1, 0.15) is 0 Å². The largest absolute Gasteiger partial charge is 0.469 e. The molecule has 0 fully saturated rings. The van der Waals surface area contributed by atoms with Crippen molar-refractivity contribution in [3.63, 3.8) is 0 Å².